The molecule has 1 fully saturated rings. The van der Waals surface area contributed by atoms with Crippen molar-refractivity contribution in [2.75, 3.05) is 0 Å². The van der Waals surface area contributed by atoms with Gasteiger partial charge in [-0.2, -0.15) is 5.10 Å². The largest absolute Gasteiger partial charge is 0.494 e. The van der Waals surface area contributed by atoms with Gasteiger partial charge in [-0.1, -0.05) is 66.7 Å². The molecule has 0 spiro atoms. The molecule has 0 unspecified atom stereocenters. The minimum absolute atomic E-state index is 0.113. The van der Waals surface area contributed by atoms with Crippen molar-refractivity contribution in [3.05, 3.63) is 113 Å². The summed E-state index contributed by atoms with van der Waals surface area (Å²) in [5, 5.41) is 4.35. The average molecular weight is 464 g/mol. The molecule has 0 radical (unpaired) electrons. The molecule has 0 saturated carbocycles. The van der Waals surface area contributed by atoms with E-state index in [1.54, 1.807) is 10.9 Å². The number of benzene rings is 3. The Morgan fingerprint density at radius 1 is 0.857 bits per heavy atom. The van der Waals surface area contributed by atoms with E-state index in [1.165, 1.54) is 23.4 Å². The summed E-state index contributed by atoms with van der Waals surface area (Å²) in [5.41, 5.74) is 5.58. The molecule has 0 bridgehead atoms. The topological polar surface area (TPSA) is 53.4 Å². The third-order valence-corrected chi connectivity index (χ3v) is 7.00. The van der Waals surface area contributed by atoms with E-state index >= 15 is 0 Å². The van der Waals surface area contributed by atoms with E-state index in [-0.39, 0.29) is 16.6 Å². The minimum Gasteiger partial charge on any atom is -0.399 e. The molecule has 5 nitrogen and oxygen atoms in total. The van der Waals surface area contributed by atoms with E-state index < -0.39 is 7.12 Å². The third kappa shape index (κ3) is 4.59. The van der Waals surface area contributed by atoms with Gasteiger partial charge in [0.1, 0.15) is 0 Å². The molecule has 5 rings (SSSR count). The lowest BCUT2D eigenvalue weighted by atomic mass is 9.78. The predicted molar refractivity (Wildman–Crippen MR) is 140 cm³/mol. The van der Waals surface area contributed by atoms with Crippen molar-refractivity contribution in [2.45, 2.75) is 45.3 Å². The van der Waals surface area contributed by atoms with E-state index in [9.17, 15) is 4.79 Å². The highest BCUT2D eigenvalue weighted by molar-refractivity contribution is 6.62. The van der Waals surface area contributed by atoms with E-state index in [0.717, 1.165) is 28.7 Å². The standard InChI is InChI=1S/C29H29BN2O3/c1-28(2)29(3,4)35-30(34-28)24-14-8-10-21(19-24)18-23-13-9-15-26(32-17-16-25(33)20-31-32)27(23)22-11-6-5-7-12-22/h5-17,19-20H,18H2,1-4H3. The Balaban J connectivity index is 1.54. The Kier molecular flexibility index (Phi) is 5.95. The van der Waals surface area contributed by atoms with Gasteiger partial charge in [0.15, 0.2) is 5.43 Å². The zero-order valence-corrected chi connectivity index (χ0v) is 20.6. The van der Waals surface area contributed by atoms with Crippen LogP contribution in [0.1, 0.15) is 38.8 Å². The maximum atomic E-state index is 11.6. The second-order valence-electron chi connectivity index (χ2n) is 9.99. The molecule has 0 N–H and O–H groups in total. The molecule has 6 heteroatoms. The molecule has 2 heterocycles. The van der Waals surface area contributed by atoms with Crippen molar-refractivity contribution >= 4 is 12.6 Å². The predicted octanol–water partition coefficient (Wildman–Crippen LogP) is 4.79. The fourth-order valence-electron chi connectivity index (χ4n) is 4.40. The number of nitrogens with zero attached hydrogens (tertiary/aromatic N) is 2. The molecule has 0 amide bonds. The highest BCUT2D eigenvalue weighted by atomic mass is 16.7. The second-order valence-corrected chi connectivity index (χ2v) is 9.99. The number of aromatic nitrogens is 2. The Morgan fingerprint density at radius 2 is 1.57 bits per heavy atom. The smallest absolute Gasteiger partial charge is 0.399 e. The second kappa shape index (κ2) is 8.95. The van der Waals surface area contributed by atoms with Crippen LogP contribution < -0.4 is 10.9 Å². The normalized spacial score (nSPS) is 16.4. The zero-order valence-electron chi connectivity index (χ0n) is 20.6. The molecule has 0 atom stereocenters. The fourth-order valence-corrected chi connectivity index (χ4v) is 4.40. The summed E-state index contributed by atoms with van der Waals surface area (Å²) >= 11 is 0. The zero-order chi connectivity index (χ0) is 24.6. The quantitative estimate of drug-likeness (QED) is 0.399. The minimum atomic E-state index is -0.398. The van der Waals surface area contributed by atoms with Crippen molar-refractivity contribution in [1.82, 2.24) is 9.78 Å². The third-order valence-electron chi connectivity index (χ3n) is 7.00. The van der Waals surface area contributed by atoms with E-state index in [4.69, 9.17) is 9.31 Å². The Morgan fingerprint density at radius 3 is 2.26 bits per heavy atom. The molecule has 1 aliphatic heterocycles. The van der Waals surface area contributed by atoms with Gasteiger partial charge in [0, 0.05) is 17.8 Å². The van der Waals surface area contributed by atoms with E-state index in [2.05, 4.69) is 75.3 Å². The van der Waals surface area contributed by atoms with Crippen LogP contribution in [0.25, 0.3) is 16.8 Å². The van der Waals surface area contributed by atoms with Crippen molar-refractivity contribution < 1.29 is 9.31 Å². The highest BCUT2D eigenvalue weighted by Crippen LogP contribution is 2.37. The van der Waals surface area contributed by atoms with E-state index in [0.29, 0.717) is 0 Å². The van der Waals surface area contributed by atoms with Crippen LogP contribution in [-0.4, -0.2) is 28.1 Å². The molecular formula is C29H29BN2O3. The van der Waals surface area contributed by atoms with Gasteiger partial charge in [0.05, 0.1) is 23.1 Å². The van der Waals surface area contributed by atoms with Crippen LogP contribution in [0.5, 0.6) is 0 Å². The summed E-state index contributed by atoms with van der Waals surface area (Å²) in [7, 11) is -0.398. The number of hydrogen-bond donors (Lipinski definition) is 0. The van der Waals surface area contributed by atoms with Gasteiger partial charge in [-0.25, -0.2) is 4.68 Å². The molecule has 0 aliphatic carbocycles. The van der Waals surface area contributed by atoms with Gasteiger partial charge in [-0.05, 0) is 62.3 Å². The fraction of sp³-hybridized carbons (Fsp3) is 0.241. The van der Waals surface area contributed by atoms with Gasteiger partial charge in [0.2, 0.25) is 0 Å². The van der Waals surface area contributed by atoms with Crippen molar-refractivity contribution in [1.29, 1.82) is 0 Å². The molecule has 1 aromatic heterocycles. The molecule has 35 heavy (non-hydrogen) atoms. The van der Waals surface area contributed by atoms with Gasteiger partial charge < -0.3 is 9.31 Å². The monoisotopic (exact) mass is 464 g/mol. The van der Waals surface area contributed by atoms with Crippen LogP contribution in [0.4, 0.5) is 0 Å². The number of rotatable bonds is 5. The summed E-state index contributed by atoms with van der Waals surface area (Å²) in [6, 6.07) is 26.5. The first-order valence-corrected chi connectivity index (χ1v) is 11.9. The van der Waals surface area contributed by atoms with E-state index in [1.807, 2.05) is 30.3 Å². The maximum Gasteiger partial charge on any atom is 0.494 e. The first-order chi connectivity index (χ1) is 16.7. The van der Waals surface area contributed by atoms with Crippen LogP contribution in [0.3, 0.4) is 0 Å². The Labute approximate surface area is 206 Å². The first-order valence-electron chi connectivity index (χ1n) is 11.9. The Hall–Kier alpha value is -3.48. The van der Waals surface area contributed by atoms with Crippen molar-refractivity contribution in [3.8, 4) is 16.8 Å². The van der Waals surface area contributed by atoms with Crippen molar-refractivity contribution in [3.63, 3.8) is 0 Å². The van der Waals surface area contributed by atoms with Gasteiger partial charge in [-0.15, -0.1) is 0 Å². The maximum absolute atomic E-state index is 11.6. The van der Waals surface area contributed by atoms with Crippen LogP contribution in [0, 0.1) is 0 Å². The summed E-state index contributed by atoms with van der Waals surface area (Å²) in [5.74, 6) is 0. The lowest BCUT2D eigenvalue weighted by Gasteiger charge is -2.32. The molecular weight excluding hydrogens is 435 g/mol. The lowest BCUT2D eigenvalue weighted by molar-refractivity contribution is 0.00578. The van der Waals surface area contributed by atoms with Crippen molar-refractivity contribution in [2.24, 2.45) is 0 Å². The Bertz CT molecular complexity index is 1380. The van der Waals surface area contributed by atoms with Crippen LogP contribution >= 0.6 is 0 Å². The number of hydrogen-bond acceptors (Lipinski definition) is 4. The summed E-state index contributed by atoms with van der Waals surface area (Å²) in [6.45, 7) is 8.28. The SMILES string of the molecule is CC1(C)OB(c2cccc(Cc3cccc(-n4ccc(=O)cn4)c3-c3ccccc3)c2)OC1(C)C. The van der Waals surface area contributed by atoms with Gasteiger partial charge >= 0.3 is 7.12 Å². The molecule has 1 saturated heterocycles. The molecule has 4 aromatic rings. The highest BCUT2D eigenvalue weighted by Gasteiger charge is 2.51. The van der Waals surface area contributed by atoms with Crippen LogP contribution in [0.15, 0.2) is 96.1 Å². The first kappa shape index (κ1) is 23.3. The van der Waals surface area contributed by atoms with Crippen LogP contribution in [0.2, 0.25) is 0 Å². The van der Waals surface area contributed by atoms with Gasteiger partial charge in [0.25, 0.3) is 0 Å². The lowest BCUT2D eigenvalue weighted by Crippen LogP contribution is -2.41. The molecule has 176 valence electrons. The average Bonchev–Trinajstić information content (AvgIpc) is 3.07. The summed E-state index contributed by atoms with van der Waals surface area (Å²) in [4.78, 5) is 11.6. The molecule has 1 aliphatic rings. The summed E-state index contributed by atoms with van der Waals surface area (Å²) < 4.78 is 14.3. The van der Waals surface area contributed by atoms with Crippen LogP contribution in [-0.2, 0) is 15.7 Å². The summed E-state index contributed by atoms with van der Waals surface area (Å²) in [6.07, 6.45) is 3.79. The molecule has 3 aromatic carbocycles. The van der Waals surface area contributed by atoms with Gasteiger partial charge in [-0.3, -0.25) is 4.79 Å².